The summed E-state index contributed by atoms with van der Waals surface area (Å²) in [5.74, 6) is -0.0310. The molecule has 140 valence electrons. The molecule has 2 aromatic carbocycles. The number of benzene rings is 2. The lowest BCUT2D eigenvalue weighted by Gasteiger charge is -2.28. The van der Waals surface area contributed by atoms with Crippen molar-refractivity contribution in [3.63, 3.8) is 0 Å². The number of anilines is 2. The molecule has 1 amide bonds. The fourth-order valence-electron chi connectivity index (χ4n) is 3.41. The van der Waals surface area contributed by atoms with Gasteiger partial charge in [-0.2, -0.15) is 0 Å². The first-order chi connectivity index (χ1) is 13.6. The van der Waals surface area contributed by atoms with E-state index in [-0.39, 0.29) is 11.7 Å². The Balaban J connectivity index is 1.49. The summed E-state index contributed by atoms with van der Waals surface area (Å²) in [5, 5.41) is 3.26. The average Bonchev–Trinajstić information content (AvgIpc) is 2.73. The van der Waals surface area contributed by atoms with Crippen molar-refractivity contribution in [2.24, 2.45) is 0 Å². The Kier molecular flexibility index (Phi) is 4.89. The Hall–Kier alpha value is -3.47. The number of hydrogen-bond acceptors (Lipinski definition) is 4. The molecule has 4 rings (SSSR count). The Labute approximate surface area is 164 Å². The molecule has 5 heteroatoms. The number of ketones is 1. The summed E-state index contributed by atoms with van der Waals surface area (Å²) < 4.78 is 0. The molecule has 0 atom stereocenters. The van der Waals surface area contributed by atoms with Crippen LogP contribution in [0.2, 0.25) is 0 Å². The van der Waals surface area contributed by atoms with Gasteiger partial charge in [0.15, 0.2) is 5.78 Å². The minimum absolute atomic E-state index is 0.0337. The van der Waals surface area contributed by atoms with Gasteiger partial charge >= 0.3 is 0 Å². The van der Waals surface area contributed by atoms with Gasteiger partial charge in [0, 0.05) is 36.2 Å². The van der Waals surface area contributed by atoms with E-state index in [0.717, 1.165) is 17.8 Å². The van der Waals surface area contributed by atoms with E-state index in [2.05, 4.69) is 22.4 Å². The van der Waals surface area contributed by atoms with E-state index < -0.39 is 0 Å². The van der Waals surface area contributed by atoms with Crippen molar-refractivity contribution in [2.75, 3.05) is 11.9 Å². The Morgan fingerprint density at radius 3 is 2.46 bits per heavy atom. The predicted octanol–water partition coefficient (Wildman–Crippen LogP) is 4.23. The third kappa shape index (κ3) is 3.78. The zero-order chi connectivity index (χ0) is 19.5. The lowest BCUT2D eigenvalue weighted by molar-refractivity contribution is 0.0728. The number of nitrogens with one attached hydrogen (secondary N) is 1. The lowest BCUT2D eigenvalue weighted by atomic mass is 10.00. The largest absolute Gasteiger partial charge is 0.355 e. The van der Waals surface area contributed by atoms with Crippen LogP contribution in [-0.2, 0) is 13.0 Å². The maximum absolute atomic E-state index is 12.9. The molecule has 0 unspecified atom stereocenters. The summed E-state index contributed by atoms with van der Waals surface area (Å²) in [6.45, 7) is 2.85. The molecule has 3 aromatic rings. The van der Waals surface area contributed by atoms with E-state index in [1.165, 1.54) is 11.1 Å². The highest BCUT2D eigenvalue weighted by Crippen LogP contribution is 2.22. The van der Waals surface area contributed by atoms with Crippen molar-refractivity contribution in [1.82, 2.24) is 9.88 Å². The van der Waals surface area contributed by atoms with Crippen LogP contribution in [0.15, 0.2) is 66.9 Å². The number of rotatable bonds is 4. The molecule has 0 radical (unpaired) electrons. The zero-order valence-electron chi connectivity index (χ0n) is 15.7. The highest BCUT2D eigenvalue weighted by molar-refractivity contribution is 5.95. The normalized spacial score (nSPS) is 13.0. The van der Waals surface area contributed by atoms with Crippen molar-refractivity contribution >= 4 is 23.1 Å². The first kappa shape index (κ1) is 17.9. The molecule has 0 saturated heterocycles. The minimum Gasteiger partial charge on any atom is -0.355 e. The number of carbonyl (C=O) groups excluding carboxylic acids is 2. The van der Waals surface area contributed by atoms with Crippen LogP contribution in [-0.4, -0.2) is 28.1 Å². The Morgan fingerprint density at radius 1 is 0.964 bits per heavy atom. The molecule has 0 bridgehead atoms. The van der Waals surface area contributed by atoms with Gasteiger partial charge in [-0.1, -0.05) is 24.3 Å². The number of Topliss-reactive ketones (excluding diaryl/α,β-unsaturated/α-hetero) is 1. The number of nitrogens with zero attached hydrogens (tertiary/aromatic N) is 2. The highest BCUT2D eigenvalue weighted by atomic mass is 16.2. The maximum Gasteiger partial charge on any atom is 0.272 e. The van der Waals surface area contributed by atoms with Crippen LogP contribution in [0.5, 0.6) is 0 Å². The quantitative estimate of drug-likeness (QED) is 0.697. The number of fused-ring (bicyclic) bond motifs is 1. The fourth-order valence-corrected chi connectivity index (χ4v) is 3.41. The van der Waals surface area contributed by atoms with Crippen molar-refractivity contribution in [3.05, 3.63) is 89.2 Å². The molecule has 5 nitrogen and oxygen atoms in total. The van der Waals surface area contributed by atoms with E-state index in [1.807, 2.05) is 35.2 Å². The van der Waals surface area contributed by atoms with Crippen molar-refractivity contribution < 1.29 is 9.59 Å². The van der Waals surface area contributed by atoms with E-state index in [1.54, 1.807) is 31.3 Å². The number of hydrogen-bond donors (Lipinski definition) is 1. The van der Waals surface area contributed by atoms with Gasteiger partial charge in [-0.25, -0.2) is 0 Å². The van der Waals surface area contributed by atoms with Crippen LogP contribution in [0.3, 0.4) is 0 Å². The lowest BCUT2D eigenvalue weighted by Crippen LogP contribution is -2.36. The minimum atomic E-state index is -0.0647. The third-order valence-corrected chi connectivity index (χ3v) is 4.98. The van der Waals surface area contributed by atoms with Gasteiger partial charge < -0.3 is 10.2 Å². The topological polar surface area (TPSA) is 62.3 Å². The van der Waals surface area contributed by atoms with Gasteiger partial charge in [-0.3, -0.25) is 14.6 Å². The molecular formula is C23H21N3O2. The van der Waals surface area contributed by atoms with Gasteiger partial charge in [0.05, 0.1) is 0 Å². The van der Waals surface area contributed by atoms with Gasteiger partial charge in [0.25, 0.3) is 5.91 Å². The van der Waals surface area contributed by atoms with Crippen LogP contribution >= 0.6 is 0 Å². The molecule has 0 saturated carbocycles. The molecule has 1 aliphatic heterocycles. The first-order valence-electron chi connectivity index (χ1n) is 9.30. The van der Waals surface area contributed by atoms with Crippen molar-refractivity contribution in [1.29, 1.82) is 0 Å². The maximum atomic E-state index is 12.9. The molecule has 0 spiro atoms. The van der Waals surface area contributed by atoms with Gasteiger partial charge in [0.2, 0.25) is 0 Å². The van der Waals surface area contributed by atoms with Crippen LogP contribution in [0.25, 0.3) is 0 Å². The van der Waals surface area contributed by atoms with Crippen LogP contribution < -0.4 is 5.32 Å². The number of pyridine rings is 1. The second-order valence-electron chi connectivity index (χ2n) is 6.93. The van der Waals surface area contributed by atoms with Crippen LogP contribution in [0, 0.1) is 0 Å². The van der Waals surface area contributed by atoms with Gasteiger partial charge in [-0.15, -0.1) is 0 Å². The predicted molar refractivity (Wildman–Crippen MR) is 109 cm³/mol. The summed E-state index contributed by atoms with van der Waals surface area (Å²) in [5.41, 5.74) is 5.23. The molecule has 2 heterocycles. The van der Waals surface area contributed by atoms with Gasteiger partial charge in [-0.05, 0) is 60.9 Å². The van der Waals surface area contributed by atoms with Crippen molar-refractivity contribution in [2.45, 2.75) is 19.9 Å². The molecule has 1 N–H and O–H groups in total. The second kappa shape index (κ2) is 7.64. The summed E-state index contributed by atoms with van der Waals surface area (Å²) in [6.07, 6.45) is 2.50. The number of amides is 1. The molecule has 0 aliphatic carbocycles. The molecule has 1 aliphatic rings. The summed E-state index contributed by atoms with van der Waals surface area (Å²) in [6, 6.07) is 19.1. The van der Waals surface area contributed by atoms with E-state index in [4.69, 9.17) is 0 Å². The van der Waals surface area contributed by atoms with Gasteiger partial charge in [0.1, 0.15) is 5.69 Å². The zero-order valence-corrected chi connectivity index (χ0v) is 15.7. The summed E-state index contributed by atoms with van der Waals surface area (Å²) in [7, 11) is 0. The van der Waals surface area contributed by atoms with Crippen molar-refractivity contribution in [3.8, 4) is 0 Å². The monoisotopic (exact) mass is 371 g/mol. The van der Waals surface area contributed by atoms with Crippen LogP contribution in [0.1, 0.15) is 38.9 Å². The number of aromatic nitrogens is 1. The average molecular weight is 371 g/mol. The Morgan fingerprint density at radius 2 is 1.71 bits per heavy atom. The fraction of sp³-hybridized carbons (Fsp3) is 0.174. The summed E-state index contributed by atoms with van der Waals surface area (Å²) >= 11 is 0. The standard InChI is InChI=1S/C23H21N3O2/c1-16(27)17-6-8-20(9-7-17)25-21-10-12-24-22(14-21)23(28)26-13-11-18-4-2-3-5-19(18)15-26/h2-10,12,14H,11,13,15H2,1H3,(H,24,25). The van der Waals surface area contributed by atoms with E-state index >= 15 is 0 Å². The van der Waals surface area contributed by atoms with E-state index in [0.29, 0.717) is 24.3 Å². The highest BCUT2D eigenvalue weighted by Gasteiger charge is 2.22. The molecule has 1 aromatic heterocycles. The third-order valence-electron chi connectivity index (χ3n) is 4.98. The first-order valence-corrected chi connectivity index (χ1v) is 9.30. The number of carbonyl (C=O) groups is 2. The summed E-state index contributed by atoms with van der Waals surface area (Å²) in [4.78, 5) is 30.4. The smallest absolute Gasteiger partial charge is 0.272 e. The molecule has 28 heavy (non-hydrogen) atoms. The SMILES string of the molecule is CC(=O)c1ccc(Nc2ccnc(C(=O)N3CCc4ccccc4C3)c2)cc1. The Bertz CT molecular complexity index is 1030. The molecule has 0 fully saturated rings. The van der Waals surface area contributed by atoms with E-state index in [9.17, 15) is 9.59 Å². The molecular weight excluding hydrogens is 350 g/mol. The second-order valence-corrected chi connectivity index (χ2v) is 6.93. The van der Waals surface area contributed by atoms with Crippen LogP contribution in [0.4, 0.5) is 11.4 Å².